The summed E-state index contributed by atoms with van der Waals surface area (Å²) >= 11 is 0. The molecule has 0 amide bonds. The van der Waals surface area contributed by atoms with Crippen LogP contribution in [-0.4, -0.2) is 13.7 Å². The van der Waals surface area contributed by atoms with Crippen molar-refractivity contribution in [3.05, 3.63) is 106 Å². The molecule has 0 aromatic heterocycles. The largest absolute Gasteiger partial charge is 0.385 e. The van der Waals surface area contributed by atoms with E-state index in [2.05, 4.69) is 0 Å². The molecule has 4 aromatic carbocycles. The van der Waals surface area contributed by atoms with Crippen LogP contribution in [0.2, 0.25) is 0 Å². The zero-order valence-electron chi connectivity index (χ0n) is 18.6. The molecule has 0 fully saturated rings. The lowest BCUT2D eigenvalue weighted by Crippen LogP contribution is -1.98. The van der Waals surface area contributed by atoms with Gasteiger partial charge < -0.3 is 4.74 Å². The summed E-state index contributed by atoms with van der Waals surface area (Å²) in [5, 5.41) is 0.832. The van der Waals surface area contributed by atoms with Gasteiger partial charge in [0.25, 0.3) is 0 Å². The summed E-state index contributed by atoms with van der Waals surface area (Å²) in [5.74, 6) is -3.65. The minimum absolute atomic E-state index is 0.153. The Morgan fingerprint density at radius 1 is 0.647 bits per heavy atom. The quantitative estimate of drug-likeness (QED) is 0.191. The molecule has 0 atom stereocenters. The van der Waals surface area contributed by atoms with Crippen molar-refractivity contribution in [1.82, 2.24) is 0 Å². The molecule has 1 nitrogen and oxygen atoms in total. The van der Waals surface area contributed by atoms with E-state index in [0.717, 1.165) is 12.1 Å². The molecule has 6 heteroatoms. The molecule has 34 heavy (non-hydrogen) atoms. The fraction of sp³-hybridized carbons (Fsp3) is 0.214. The first kappa shape index (κ1) is 23.9. The van der Waals surface area contributed by atoms with Crippen LogP contribution < -0.4 is 0 Å². The first-order chi connectivity index (χ1) is 16.4. The number of fused-ring (bicyclic) bond motifs is 1. The number of benzene rings is 4. The van der Waals surface area contributed by atoms with Crippen molar-refractivity contribution in [3.63, 3.8) is 0 Å². The zero-order valence-corrected chi connectivity index (χ0v) is 18.6. The average Bonchev–Trinajstić information content (AvgIpc) is 2.80. The predicted molar refractivity (Wildman–Crippen MR) is 123 cm³/mol. The van der Waals surface area contributed by atoms with Crippen molar-refractivity contribution in [2.24, 2.45) is 0 Å². The summed E-state index contributed by atoms with van der Waals surface area (Å²) in [6.45, 7) is 0.504. The van der Waals surface area contributed by atoms with Crippen molar-refractivity contribution in [3.8, 4) is 11.1 Å². The number of aryl methyl sites for hydroxylation is 3. The number of ether oxygens (including phenoxy) is 1. The number of halogens is 5. The molecule has 0 radical (unpaired) electrons. The van der Waals surface area contributed by atoms with Crippen LogP contribution in [0.1, 0.15) is 23.1 Å². The van der Waals surface area contributed by atoms with Crippen LogP contribution in [0.3, 0.4) is 0 Å². The number of methoxy groups -OCH3 is 1. The molecule has 0 N–H and O–H groups in total. The van der Waals surface area contributed by atoms with Crippen molar-refractivity contribution in [1.29, 1.82) is 0 Å². The van der Waals surface area contributed by atoms with Gasteiger partial charge >= 0.3 is 0 Å². The highest BCUT2D eigenvalue weighted by Crippen LogP contribution is 2.32. The predicted octanol–water partition coefficient (Wildman–Crippen LogP) is 7.57. The topological polar surface area (TPSA) is 9.23 Å². The Kier molecular flexibility index (Phi) is 7.27. The number of rotatable bonds is 8. The molecule has 0 bridgehead atoms. The van der Waals surface area contributed by atoms with Crippen LogP contribution >= 0.6 is 0 Å². The van der Waals surface area contributed by atoms with Crippen molar-refractivity contribution in [2.45, 2.75) is 25.7 Å². The van der Waals surface area contributed by atoms with Gasteiger partial charge in [-0.1, -0.05) is 30.3 Å². The van der Waals surface area contributed by atoms with Gasteiger partial charge in [-0.05, 0) is 83.7 Å². The Bertz CT molecular complexity index is 1310. The highest BCUT2D eigenvalue weighted by Gasteiger charge is 2.16. The number of hydrogen-bond acceptors (Lipinski definition) is 1. The average molecular weight is 470 g/mol. The van der Waals surface area contributed by atoms with E-state index in [4.69, 9.17) is 4.74 Å². The van der Waals surface area contributed by atoms with Gasteiger partial charge in [0.05, 0.1) is 5.56 Å². The highest BCUT2D eigenvalue weighted by molar-refractivity contribution is 5.88. The van der Waals surface area contributed by atoms with Gasteiger partial charge in [0, 0.05) is 19.1 Å². The Hall–Kier alpha value is -3.25. The second-order valence-corrected chi connectivity index (χ2v) is 8.25. The van der Waals surface area contributed by atoms with E-state index < -0.39 is 29.1 Å². The Labute approximate surface area is 194 Å². The van der Waals surface area contributed by atoms with E-state index in [1.807, 2.05) is 0 Å². The third kappa shape index (κ3) is 5.12. The third-order valence-electron chi connectivity index (χ3n) is 5.91. The first-order valence-electron chi connectivity index (χ1n) is 11.0. The van der Waals surface area contributed by atoms with Gasteiger partial charge in [-0.2, -0.15) is 0 Å². The van der Waals surface area contributed by atoms with Gasteiger partial charge in [0.15, 0.2) is 11.6 Å². The van der Waals surface area contributed by atoms with E-state index in [-0.39, 0.29) is 5.56 Å². The Balaban J connectivity index is 1.58. The summed E-state index contributed by atoms with van der Waals surface area (Å²) in [4.78, 5) is 0. The SMILES string of the molecule is COCCCc1cc(F)c(-c2ccc3c(F)c(CCc4ccc(F)c(F)c4)ccc3c2)c(F)c1. The molecular formula is C28H23F5O. The van der Waals surface area contributed by atoms with Gasteiger partial charge in [0.1, 0.15) is 17.5 Å². The maximum atomic E-state index is 15.1. The van der Waals surface area contributed by atoms with Crippen LogP contribution in [0.25, 0.3) is 21.9 Å². The van der Waals surface area contributed by atoms with Crippen LogP contribution in [0.5, 0.6) is 0 Å². The van der Waals surface area contributed by atoms with Crippen molar-refractivity contribution in [2.75, 3.05) is 13.7 Å². The van der Waals surface area contributed by atoms with E-state index in [1.54, 1.807) is 25.3 Å². The minimum atomic E-state index is -0.938. The monoisotopic (exact) mass is 470 g/mol. The van der Waals surface area contributed by atoms with Gasteiger partial charge in [-0.15, -0.1) is 0 Å². The molecule has 4 aromatic rings. The maximum Gasteiger partial charge on any atom is 0.159 e. The van der Waals surface area contributed by atoms with Crippen molar-refractivity contribution < 1.29 is 26.7 Å². The lowest BCUT2D eigenvalue weighted by molar-refractivity contribution is 0.195. The molecule has 0 heterocycles. The van der Waals surface area contributed by atoms with E-state index in [1.165, 1.54) is 30.3 Å². The fourth-order valence-corrected chi connectivity index (χ4v) is 4.13. The minimum Gasteiger partial charge on any atom is -0.385 e. The van der Waals surface area contributed by atoms with Crippen LogP contribution in [0.4, 0.5) is 22.0 Å². The Morgan fingerprint density at radius 2 is 1.38 bits per heavy atom. The summed E-state index contributed by atoms with van der Waals surface area (Å²) in [5.41, 5.74) is 1.70. The number of hydrogen-bond donors (Lipinski definition) is 0. The molecule has 176 valence electrons. The summed E-state index contributed by atoms with van der Waals surface area (Å²) < 4.78 is 76.1. The molecule has 0 unspecified atom stereocenters. The summed E-state index contributed by atoms with van der Waals surface area (Å²) in [6.07, 6.45) is 1.79. The highest BCUT2D eigenvalue weighted by atomic mass is 19.2. The third-order valence-corrected chi connectivity index (χ3v) is 5.91. The molecule has 0 aliphatic rings. The molecule has 0 aliphatic heterocycles. The summed E-state index contributed by atoms with van der Waals surface area (Å²) in [7, 11) is 1.57. The van der Waals surface area contributed by atoms with Gasteiger partial charge in [0.2, 0.25) is 0 Å². The zero-order chi connectivity index (χ0) is 24.2. The van der Waals surface area contributed by atoms with E-state index in [9.17, 15) is 17.6 Å². The smallest absolute Gasteiger partial charge is 0.159 e. The molecular weight excluding hydrogens is 447 g/mol. The van der Waals surface area contributed by atoms with E-state index >= 15 is 4.39 Å². The molecule has 4 rings (SSSR count). The van der Waals surface area contributed by atoms with Crippen LogP contribution in [0.15, 0.2) is 60.7 Å². The molecule has 0 saturated carbocycles. The first-order valence-corrected chi connectivity index (χ1v) is 11.0. The lowest BCUT2D eigenvalue weighted by atomic mass is 9.96. The molecule has 0 spiro atoms. The Morgan fingerprint density at radius 3 is 2.09 bits per heavy atom. The second-order valence-electron chi connectivity index (χ2n) is 8.25. The molecule has 0 saturated heterocycles. The fourth-order valence-electron chi connectivity index (χ4n) is 4.13. The molecule has 0 aliphatic carbocycles. The van der Waals surface area contributed by atoms with Crippen LogP contribution in [-0.2, 0) is 24.0 Å². The lowest BCUT2D eigenvalue weighted by Gasteiger charge is -2.11. The van der Waals surface area contributed by atoms with Crippen molar-refractivity contribution >= 4 is 10.8 Å². The summed E-state index contributed by atoms with van der Waals surface area (Å²) in [6, 6.07) is 14.1. The van der Waals surface area contributed by atoms with E-state index in [0.29, 0.717) is 65.3 Å². The normalized spacial score (nSPS) is 11.4. The maximum absolute atomic E-state index is 15.1. The second kappa shape index (κ2) is 10.3. The van der Waals surface area contributed by atoms with Gasteiger partial charge in [-0.25, -0.2) is 22.0 Å². The van der Waals surface area contributed by atoms with Gasteiger partial charge in [-0.3, -0.25) is 0 Å². The van der Waals surface area contributed by atoms with Crippen LogP contribution in [0, 0.1) is 29.1 Å². The standard InChI is InChI=1S/C28H23F5O/c1-34-12-2-3-18-14-25(31)27(26(32)15-18)21-9-10-22-20(16-21)8-7-19(28(22)33)6-4-17-5-11-23(29)24(30)13-17/h5,7-11,13-16H,2-4,6,12H2,1H3.